The molecule has 1 aliphatic rings. The van der Waals surface area contributed by atoms with E-state index in [4.69, 9.17) is 10.5 Å². The molecule has 0 saturated heterocycles. The minimum Gasteiger partial charge on any atom is -0.508 e. The van der Waals surface area contributed by atoms with Crippen LogP contribution in [0.3, 0.4) is 0 Å². The molecule has 0 bridgehead atoms. The molecule has 1 aromatic rings. The van der Waals surface area contributed by atoms with Crippen LogP contribution >= 0.6 is 0 Å². The molecule has 76 valence electrons. The van der Waals surface area contributed by atoms with Gasteiger partial charge < -0.3 is 15.6 Å². The molecule has 2 atom stereocenters. The Bertz CT molecular complexity index is 336. The Balaban J connectivity index is 2.29. The second kappa shape index (κ2) is 3.50. The van der Waals surface area contributed by atoms with Crippen molar-refractivity contribution in [1.82, 2.24) is 0 Å². The van der Waals surface area contributed by atoms with Crippen molar-refractivity contribution >= 4 is 0 Å². The van der Waals surface area contributed by atoms with Crippen molar-refractivity contribution in [2.75, 3.05) is 6.61 Å². The van der Waals surface area contributed by atoms with E-state index in [1.807, 2.05) is 13.0 Å². The third-order valence-electron chi connectivity index (χ3n) is 2.55. The predicted molar refractivity (Wildman–Crippen MR) is 54.6 cm³/mol. The average molecular weight is 193 g/mol. The Morgan fingerprint density at radius 3 is 3.14 bits per heavy atom. The zero-order valence-corrected chi connectivity index (χ0v) is 8.23. The molecule has 1 heterocycles. The molecule has 2 rings (SSSR count). The Hall–Kier alpha value is -1.22. The van der Waals surface area contributed by atoms with Gasteiger partial charge in [-0.3, -0.25) is 0 Å². The molecule has 0 spiro atoms. The van der Waals surface area contributed by atoms with E-state index >= 15 is 0 Å². The second-order valence-corrected chi connectivity index (χ2v) is 3.91. The Morgan fingerprint density at radius 1 is 1.64 bits per heavy atom. The molecule has 3 heteroatoms. The number of benzene rings is 1. The summed E-state index contributed by atoms with van der Waals surface area (Å²) in [6.07, 6.45) is 0.852. The largest absolute Gasteiger partial charge is 0.508 e. The van der Waals surface area contributed by atoms with Gasteiger partial charge in [0.25, 0.3) is 0 Å². The lowest BCUT2D eigenvalue weighted by molar-refractivity contribution is 0.320. The summed E-state index contributed by atoms with van der Waals surface area (Å²) < 4.78 is 5.48. The topological polar surface area (TPSA) is 55.5 Å². The van der Waals surface area contributed by atoms with Crippen molar-refractivity contribution in [2.45, 2.75) is 25.3 Å². The van der Waals surface area contributed by atoms with Gasteiger partial charge in [-0.2, -0.15) is 0 Å². The number of ether oxygens (including phenoxy) is 1. The standard InChI is InChI=1S/C11H15NO2/c1-7(12)5-8-6-14-10-4-2-3-9(13)11(8)10/h2-4,7-8,13H,5-6,12H2,1H3. The molecule has 1 aromatic carbocycles. The highest BCUT2D eigenvalue weighted by Crippen LogP contribution is 2.41. The number of aromatic hydroxyl groups is 1. The van der Waals surface area contributed by atoms with E-state index in [9.17, 15) is 5.11 Å². The maximum absolute atomic E-state index is 9.69. The molecule has 0 amide bonds. The second-order valence-electron chi connectivity index (χ2n) is 3.91. The molecule has 3 nitrogen and oxygen atoms in total. The molecular formula is C11H15NO2. The van der Waals surface area contributed by atoms with Gasteiger partial charge in [0.1, 0.15) is 11.5 Å². The highest BCUT2D eigenvalue weighted by Gasteiger charge is 2.27. The zero-order valence-electron chi connectivity index (χ0n) is 8.23. The van der Waals surface area contributed by atoms with Crippen LogP contribution < -0.4 is 10.5 Å². The maximum atomic E-state index is 9.69. The Morgan fingerprint density at radius 2 is 2.43 bits per heavy atom. The third kappa shape index (κ3) is 1.55. The van der Waals surface area contributed by atoms with Crippen molar-refractivity contribution in [3.8, 4) is 11.5 Å². The van der Waals surface area contributed by atoms with E-state index in [-0.39, 0.29) is 12.0 Å². The highest BCUT2D eigenvalue weighted by atomic mass is 16.5. The van der Waals surface area contributed by atoms with Crippen molar-refractivity contribution in [3.63, 3.8) is 0 Å². The molecular weight excluding hydrogens is 178 g/mol. The quantitative estimate of drug-likeness (QED) is 0.750. The van der Waals surface area contributed by atoms with E-state index < -0.39 is 0 Å². The molecule has 0 aliphatic carbocycles. The summed E-state index contributed by atoms with van der Waals surface area (Å²) in [5.74, 6) is 1.37. The number of hydrogen-bond acceptors (Lipinski definition) is 3. The van der Waals surface area contributed by atoms with Gasteiger partial charge in [0.15, 0.2) is 0 Å². The highest BCUT2D eigenvalue weighted by molar-refractivity contribution is 5.48. The summed E-state index contributed by atoms with van der Waals surface area (Å²) in [6.45, 7) is 2.60. The Labute approximate surface area is 83.5 Å². The third-order valence-corrected chi connectivity index (χ3v) is 2.55. The van der Waals surface area contributed by atoms with Crippen molar-refractivity contribution in [3.05, 3.63) is 23.8 Å². The first-order valence-electron chi connectivity index (χ1n) is 4.88. The number of fused-ring (bicyclic) bond motifs is 1. The smallest absolute Gasteiger partial charge is 0.126 e. The van der Waals surface area contributed by atoms with Gasteiger partial charge in [-0.1, -0.05) is 6.07 Å². The van der Waals surface area contributed by atoms with Crippen LogP contribution in [0.1, 0.15) is 24.8 Å². The van der Waals surface area contributed by atoms with Crippen molar-refractivity contribution < 1.29 is 9.84 Å². The molecule has 1 aliphatic heterocycles. The normalized spacial score (nSPS) is 21.4. The van der Waals surface area contributed by atoms with Crippen LogP contribution in [-0.4, -0.2) is 17.8 Å². The summed E-state index contributed by atoms with van der Waals surface area (Å²) in [6, 6.07) is 5.51. The van der Waals surface area contributed by atoms with Gasteiger partial charge in [-0.15, -0.1) is 0 Å². The van der Waals surface area contributed by atoms with E-state index in [0.717, 1.165) is 17.7 Å². The molecule has 0 radical (unpaired) electrons. The van der Waals surface area contributed by atoms with Gasteiger partial charge in [0, 0.05) is 17.5 Å². The minimum absolute atomic E-state index is 0.133. The molecule has 0 fully saturated rings. The van der Waals surface area contributed by atoms with Crippen LogP contribution in [0.15, 0.2) is 18.2 Å². The monoisotopic (exact) mass is 193 g/mol. The van der Waals surface area contributed by atoms with Gasteiger partial charge in [0.2, 0.25) is 0 Å². The summed E-state index contributed by atoms with van der Waals surface area (Å²) in [5.41, 5.74) is 6.66. The van der Waals surface area contributed by atoms with E-state index in [1.54, 1.807) is 12.1 Å². The first kappa shape index (κ1) is 9.34. The first-order chi connectivity index (χ1) is 6.68. The van der Waals surface area contributed by atoms with E-state index in [2.05, 4.69) is 0 Å². The van der Waals surface area contributed by atoms with Gasteiger partial charge in [-0.25, -0.2) is 0 Å². The average Bonchev–Trinajstić information content (AvgIpc) is 2.49. The molecule has 2 unspecified atom stereocenters. The summed E-state index contributed by atoms with van der Waals surface area (Å²) in [7, 11) is 0. The molecule has 0 saturated carbocycles. The lowest BCUT2D eigenvalue weighted by Crippen LogP contribution is -2.19. The first-order valence-corrected chi connectivity index (χ1v) is 4.88. The Kier molecular flexibility index (Phi) is 2.33. The fourth-order valence-corrected chi connectivity index (χ4v) is 1.98. The minimum atomic E-state index is 0.133. The number of hydrogen-bond donors (Lipinski definition) is 2. The molecule has 3 N–H and O–H groups in total. The number of phenolic OH excluding ortho intramolecular Hbond substituents is 1. The van der Waals surface area contributed by atoms with Crippen LogP contribution in [0.4, 0.5) is 0 Å². The lowest BCUT2D eigenvalue weighted by Gasteiger charge is -2.12. The molecule has 14 heavy (non-hydrogen) atoms. The maximum Gasteiger partial charge on any atom is 0.126 e. The van der Waals surface area contributed by atoms with E-state index in [0.29, 0.717) is 12.4 Å². The number of phenols is 1. The number of rotatable bonds is 2. The van der Waals surface area contributed by atoms with Crippen LogP contribution in [0.5, 0.6) is 11.5 Å². The summed E-state index contributed by atoms with van der Waals surface area (Å²) in [4.78, 5) is 0. The van der Waals surface area contributed by atoms with E-state index in [1.165, 1.54) is 0 Å². The predicted octanol–water partition coefficient (Wildman–Crippen LogP) is 1.61. The van der Waals surface area contributed by atoms with Crippen LogP contribution in [0.25, 0.3) is 0 Å². The van der Waals surface area contributed by atoms with Crippen molar-refractivity contribution in [1.29, 1.82) is 0 Å². The summed E-state index contributed by atoms with van der Waals surface area (Å²) >= 11 is 0. The van der Waals surface area contributed by atoms with Crippen LogP contribution in [-0.2, 0) is 0 Å². The van der Waals surface area contributed by atoms with Crippen LogP contribution in [0, 0.1) is 0 Å². The zero-order chi connectivity index (χ0) is 10.1. The summed E-state index contributed by atoms with van der Waals surface area (Å²) in [5, 5.41) is 9.69. The fraction of sp³-hybridized carbons (Fsp3) is 0.455. The van der Waals surface area contributed by atoms with Gasteiger partial charge in [-0.05, 0) is 25.5 Å². The molecule has 0 aromatic heterocycles. The fourth-order valence-electron chi connectivity index (χ4n) is 1.98. The van der Waals surface area contributed by atoms with Gasteiger partial charge in [0.05, 0.1) is 6.61 Å². The van der Waals surface area contributed by atoms with Gasteiger partial charge >= 0.3 is 0 Å². The van der Waals surface area contributed by atoms with Crippen LogP contribution in [0.2, 0.25) is 0 Å². The SMILES string of the molecule is CC(N)CC1COc2cccc(O)c21. The van der Waals surface area contributed by atoms with Crippen molar-refractivity contribution in [2.24, 2.45) is 5.73 Å². The lowest BCUT2D eigenvalue weighted by atomic mass is 9.94. The number of nitrogens with two attached hydrogens (primary N) is 1.